The van der Waals surface area contributed by atoms with E-state index in [-0.39, 0.29) is 28.4 Å². The summed E-state index contributed by atoms with van der Waals surface area (Å²) < 4.78 is 46.3. The van der Waals surface area contributed by atoms with Crippen LogP contribution in [0.15, 0.2) is 36.4 Å². The third-order valence-electron chi connectivity index (χ3n) is 4.60. The number of amides is 1. The van der Waals surface area contributed by atoms with Gasteiger partial charge in [0, 0.05) is 12.1 Å². The average molecular weight is 467 g/mol. The molecule has 0 aliphatic heterocycles. The van der Waals surface area contributed by atoms with Crippen molar-refractivity contribution < 1.29 is 37.0 Å². The molecule has 0 aliphatic carbocycles. The Balaban J connectivity index is 2.45. The predicted octanol–water partition coefficient (Wildman–Crippen LogP) is 2.29. The van der Waals surface area contributed by atoms with Gasteiger partial charge in [0.15, 0.2) is 11.5 Å². The first-order valence-corrected chi connectivity index (χ1v) is 11.2. The molecule has 32 heavy (non-hydrogen) atoms. The van der Waals surface area contributed by atoms with Crippen LogP contribution < -0.4 is 23.8 Å². The largest absolute Gasteiger partial charge is 0.497 e. The van der Waals surface area contributed by atoms with Crippen molar-refractivity contribution in [1.29, 1.82) is 0 Å². The fourth-order valence-electron chi connectivity index (χ4n) is 3.04. The molecule has 0 aliphatic rings. The van der Waals surface area contributed by atoms with Crippen molar-refractivity contribution in [2.45, 2.75) is 13.0 Å². The molecule has 10 nitrogen and oxygen atoms in total. The van der Waals surface area contributed by atoms with Gasteiger partial charge >= 0.3 is 5.97 Å². The molecule has 1 atom stereocenters. The molecule has 1 N–H and O–H groups in total. The van der Waals surface area contributed by atoms with Crippen molar-refractivity contribution in [1.82, 2.24) is 0 Å². The lowest BCUT2D eigenvalue weighted by Crippen LogP contribution is -2.45. The minimum absolute atomic E-state index is 0.0149. The molecule has 2 rings (SSSR count). The number of carbonyl (C=O) groups excluding carboxylic acids is 2. The maximum absolute atomic E-state index is 13.0. The molecule has 0 heterocycles. The van der Waals surface area contributed by atoms with Crippen molar-refractivity contribution in [2.24, 2.45) is 0 Å². The summed E-state index contributed by atoms with van der Waals surface area (Å²) in [5, 5.41) is 2.59. The lowest BCUT2D eigenvalue weighted by Gasteiger charge is -2.28. The Morgan fingerprint density at radius 1 is 0.938 bits per heavy atom. The van der Waals surface area contributed by atoms with Gasteiger partial charge in [-0.25, -0.2) is 13.2 Å². The molecule has 2 aromatic carbocycles. The average Bonchev–Trinajstić information content (AvgIpc) is 2.77. The quantitative estimate of drug-likeness (QED) is 0.559. The summed E-state index contributed by atoms with van der Waals surface area (Å²) in [6.07, 6.45) is 0.997. The molecular weight excluding hydrogens is 440 g/mol. The second-order valence-electron chi connectivity index (χ2n) is 6.67. The molecule has 0 aromatic heterocycles. The van der Waals surface area contributed by atoms with Crippen LogP contribution in [0.5, 0.6) is 17.2 Å². The van der Waals surface area contributed by atoms with Crippen LogP contribution in [0.3, 0.4) is 0 Å². The Kier molecular flexibility index (Phi) is 7.92. The lowest BCUT2D eigenvalue weighted by atomic mass is 10.1. The van der Waals surface area contributed by atoms with Crippen LogP contribution in [0.2, 0.25) is 0 Å². The molecule has 11 heteroatoms. The van der Waals surface area contributed by atoms with Crippen molar-refractivity contribution >= 4 is 33.3 Å². The zero-order valence-corrected chi connectivity index (χ0v) is 19.5. The first-order chi connectivity index (χ1) is 15.1. The molecule has 2 aromatic rings. The summed E-state index contributed by atoms with van der Waals surface area (Å²) in [7, 11) is 1.65. The minimum atomic E-state index is -3.83. The van der Waals surface area contributed by atoms with Gasteiger partial charge in [0.05, 0.1) is 51.6 Å². The van der Waals surface area contributed by atoms with E-state index in [1.165, 1.54) is 59.6 Å². The maximum Gasteiger partial charge on any atom is 0.340 e. The highest BCUT2D eigenvalue weighted by Crippen LogP contribution is 2.34. The topological polar surface area (TPSA) is 120 Å². The molecule has 174 valence electrons. The van der Waals surface area contributed by atoms with Crippen LogP contribution in [-0.4, -0.2) is 61.0 Å². The number of hydrogen-bond donors (Lipinski definition) is 1. The maximum atomic E-state index is 13.0. The Hall–Kier alpha value is -3.47. The van der Waals surface area contributed by atoms with Crippen molar-refractivity contribution in [3.05, 3.63) is 42.0 Å². The van der Waals surface area contributed by atoms with Crippen molar-refractivity contribution in [3.8, 4) is 17.2 Å². The van der Waals surface area contributed by atoms with Gasteiger partial charge < -0.3 is 24.3 Å². The van der Waals surface area contributed by atoms with E-state index in [9.17, 15) is 18.0 Å². The minimum Gasteiger partial charge on any atom is -0.497 e. The SMILES string of the molecule is COC(=O)c1cc(OC)c(OC)cc1NC(=O)[C@@H](C)N(c1ccc(OC)cc1)S(C)(=O)=O. The van der Waals surface area contributed by atoms with E-state index in [0.29, 0.717) is 5.75 Å². The summed E-state index contributed by atoms with van der Waals surface area (Å²) in [4.78, 5) is 25.3. The number of esters is 1. The Morgan fingerprint density at radius 3 is 1.97 bits per heavy atom. The number of rotatable bonds is 9. The number of nitrogens with zero attached hydrogens (tertiary/aromatic N) is 1. The van der Waals surface area contributed by atoms with Crippen LogP contribution in [0, 0.1) is 0 Å². The van der Waals surface area contributed by atoms with E-state index in [1.54, 1.807) is 12.1 Å². The number of benzene rings is 2. The first kappa shape index (κ1) is 24.8. The number of nitrogens with one attached hydrogen (secondary N) is 1. The van der Waals surface area contributed by atoms with Gasteiger partial charge in [0.25, 0.3) is 0 Å². The summed E-state index contributed by atoms with van der Waals surface area (Å²) in [6, 6.07) is 7.83. The van der Waals surface area contributed by atoms with Gasteiger partial charge in [-0.3, -0.25) is 9.10 Å². The summed E-state index contributed by atoms with van der Waals surface area (Å²) in [6.45, 7) is 1.43. The van der Waals surface area contributed by atoms with Crippen molar-refractivity contribution in [3.63, 3.8) is 0 Å². The van der Waals surface area contributed by atoms with E-state index < -0.39 is 27.9 Å². The Bertz CT molecular complexity index is 1080. The van der Waals surface area contributed by atoms with Gasteiger partial charge in [0.2, 0.25) is 15.9 Å². The highest BCUT2D eigenvalue weighted by molar-refractivity contribution is 7.92. The van der Waals surface area contributed by atoms with Crippen molar-refractivity contribution in [2.75, 3.05) is 44.3 Å². The second kappa shape index (κ2) is 10.2. The number of hydrogen-bond acceptors (Lipinski definition) is 8. The normalized spacial score (nSPS) is 11.8. The summed E-state index contributed by atoms with van der Waals surface area (Å²) in [5.41, 5.74) is 0.368. The summed E-state index contributed by atoms with van der Waals surface area (Å²) >= 11 is 0. The Morgan fingerprint density at radius 2 is 1.50 bits per heavy atom. The highest BCUT2D eigenvalue weighted by Gasteiger charge is 2.30. The monoisotopic (exact) mass is 466 g/mol. The van der Waals surface area contributed by atoms with Gasteiger partial charge in [-0.15, -0.1) is 0 Å². The zero-order valence-electron chi connectivity index (χ0n) is 18.7. The molecule has 0 spiro atoms. The molecule has 0 unspecified atom stereocenters. The fraction of sp³-hybridized carbons (Fsp3) is 0.333. The Labute approximate surface area is 187 Å². The predicted molar refractivity (Wildman–Crippen MR) is 119 cm³/mol. The molecule has 0 saturated heterocycles. The number of ether oxygens (including phenoxy) is 4. The van der Waals surface area contributed by atoms with E-state index >= 15 is 0 Å². The van der Waals surface area contributed by atoms with E-state index in [2.05, 4.69) is 5.32 Å². The van der Waals surface area contributed by atoms with Gasteiger partial charge in [-0.2, -0.15) is 0 Å². The van der Waals surface area contributed by atoms with Crippen LogP contribution in [0.25, 0.3) is 0 Å². The molecule has 0 saturated carbocycles. The molecule has 0 fully saturated rings. The third-order valence-corrected chi connectivity index (χ3v) is 5.84. The van der Waals surface area contributed by atoms with E-state index in [0.717, 1.165) is 10.6 Å². The standard InChI is InChI=1S/C21H26N2O8S/c1-13(23(32(6,26)27)14-7-9-15(28-2)10-8-14)20(24)22-17-12-19(30-4)18(29-3)11-16(17)21(25)31-5/h7-13H,1-6H3,(H,22,24)/t13-/m1/s1. The lowest BCUT2D eigenvalue weighted by molar-refractivity contribution is -0.116. The third kappa shape index (κ3) is 5.41. The summed E-state index contributed by atoms with van der Waals surface area (Å²) in [5.74, 6) is -0.340. The molecule has 0 radical (unpaired) electrons. The van der Waals surface area contributed by atoms with Gasteiger partial charge in [-0.1, -0.05) is 0 Å². The molecule has 1 amide bonds. The molecule has 0 bridgehead atoms. The van der Waals surface area contributed by atoms with Gasteiger partial charge in [0.1, 0.15) is 11.8 Å². The number of methoxy groups -OCH3 is 4. The number of carbonyl (C=O) groups is 2. The van der Waals surface area contributed by atoms with Gasteiger partial charge in [-0.05, 0) is 31.2 Å². The van der Waals surface area contributed by atoms with E-state index in [4.69, 9.17) is 18.9 Å². The van der Waals surface area contributed by atoms with E-state index in [1.807, 2.05) is 0 Å². The highest BCUT2D eigenvalue weighted by atomic mass is 32.2. The van der Waals surface area contributed by atoms with Crippen LogP contribution >= 0.6 is 0 Å². The smallest absolute Gasteiger partial charge is 0.340 e. The second-order valence-corrected chi connectivity index (χ2v) is 8.53. The van der Waals surface area contributed by atoms with Crippen LogP contribution in [0.1, 0.15) is 17.3 Å². The van der Waals surface area contributed by atoms with Crippen LogP contribution in [-0.2, 0) is 19.6 Å². The zero-order chi connectivity index (χ0) is 24.1. The fourth-order valence-corrected chi connectivity index (χ4v) is 4.21. The first-order valence-electron chi connectivity index (χ1n) is 9.36. The number of anilines is 2. The number of sulfonamides is 1. The van der Waals surface area contributed by atoms with Crippen LogP contribution in [0.4, 0.5) is 11.4 Å². The molecular formula is C21H26N2O8S.